The zero-order valence-corrected chi connectivity index (χ0v) is 17.7. The van der Waals surface area contributed by atoms with Gasteiger partial charge in [-0.2, -0.15) is 0 Å². The molecular formula is C21H25N3O4S. The first kappa shape index (κ1) is 21.0. The van der Waals surface area contributed by atoms with Gasteiger partial charge in [0.05, 0.1) is 17.0 Å². The fourth-order valence-corrected chi connectivity index (χ4v) is 3.89. The number of amides is 1. The number of anilines is 1. The number of nitrogens with zero attached hydrogens (tertiary/aromatic N) is 1. The second-order valence-corrected chi connectivity index (χ2v) is 9.25. The molecule has 0 radical (unpaired) electrons. The third-order valence-corrected chi connectivity index (χ3v) is 6.46. The molecule has 1 heterocycles. The number of nitrogens with one attached hydrogen (secondary N) is 2. The van der Waals surface area contributed by atoms with E-state index in [2.05, 4.69) is 10.6 Å². The highest BCUT2D eigenvalue weighted by molar-refractivity contribution is 7.89. The summed E-state index contributed by atoms with van der Waals surface area (Å²) < 4.78 is 31.5. The molecule has 0 fully saturated rings. The van der Waals surface area contributed by atoms with Crippen LogP contribution in [0.5, 0.6) is 0 Å². The van der Waals surface area contributed by atoms with Crippen LogP contribution in [0.3, 0.4) is 0 Å². The van der Waals surface area contributed by atoms with E-state index in [1.807, 2.05) is 37.3 Å². The maximum absolute atomic E-state index is 12.6. The maximum atomic E-state index is 12.6. The number of carbonyl (C=O) groups is 1. The van der Waals surface area contributed by atoms with E-state index in [0.717, 1.165) is 21.0 Å². The Morgan fingerprint density at radius 1 is 1.03 bits per heavy atom. The molecule has 0 aliphatic carbocycles. The minimum absolute atomic E-state index is 0.122. The van der Waals surface area contributed by atoms with E-state index in [9.17, 15) is 13.2 Å². The van der Waals surface area contributed by atoms with Gasteiger partial charge in [-0.3, -0.25) is 10.1 Å². The van der Waals surface area contributed by atoms with Crippen molar-refractivity contribution in [3.63, 3.8) is 0 Å². The van der Waals surface area contributed by atoms with Gasteiger partial charge < -0.3 is 9.73 Å². The van der Waals surface area contributed by atoms with Crippen LogP contribution >= 0.6 is 0 Å². The van der Waals surface area contributed by atoms with E-state index in [1.54, 1.807) is 19.1 Å². The minimum Gasteiger partial charge on any atom is -0.459 e. The van der Waals surface area contributed by atoms with Crippen molar-refractivity contribution in [2.45, 2.75) is 30.8 Å². The smallest absolute Gasteiger partial charge is 0.242 e. The van der Waals surface area contributed by atoms with Gasteiger partial charge in [-0.25, -0.2) is 12.7 Å². The van der Waals surface area contributed by atoms with Crippen molar-refractivity contribution in [3.05, 3.63) is 60.4 Å². The zero-order valence-electron chi connectivity index (χ0n) is 16.8. The van der Waals surface area contributed by atoms with E-state index in [-0.39, 0.29) is 16.8 Å². The van der Waals surface area contributed by atoms with Gasteiger partial charge in [0, 0.05) is 25.2 Å². The number of hydrogen-bond acceptors (Lipinski definition) is 5. The second kappa shape index (κ2) is 8.36. The molecule has 0 aliphatic heterocycles. The van der Waals surface area contributed by atoms with Crippen LogP contribution in [0.25, 0.3) is 11.0 Å². The minimum atomic E-state index is -3.57. The van der Waals surface area contributed by atoms with Crippen molar-refractivity contribution in [1.82, 2.24) is 9.62 Å². The van der Waals surface area contributed by atoms with Crippen LogP contribution in [0.2, 0.25) is 0 Å². The predicted molar refractivity (Wildman–Crippen MR) is 113 cm³/mol. The van der Waals surface area contributed by atoms with E-state index in [4.69, 9.17) is 4.42 Å². The average molecular weight is 416 g/mol. The summed E-state index contributed by atoms with van der Waals surface area (Å²) in [5, 5.41) is 6.98. The summed E-state index contributed by atoms with van der Waals surface area (Å²) in [5.41, 5.74) is 1.22. The molecule has 2 N–H and O–H groups in total. The first-order valence-corrected chi connectivity index (χ1v) is 10.7. The maximum Gasteiger partial charge on any atom is 0.242 e. The molecule has 1 amide bonds. The summed E-state index contributed by atoms with van der Waals surface area (Å²) >= 11 is 0. The Bertz CT molecular complexity index is 1090. The van der Waals surface area contributed by atoms with E-state index >= 15 is 0 Å². The van der Waals surface area contributed by atoms with Crippen molar-refractivity contribution in [3.8, 4) is 0 Å². The van der Waals surface area contributed by atoms with Crippen LogP contribution < -0.4 is 10.6 Å². The second-order valence-electron chi connectivity index (χ2n) is 7.10. The van der Waals surface area contributed by atoms with Gasteiger partial charge in [0.15, 0.2) is 0 Å². The summed E-state index contributed by atoms with van der Waals surface area (Å²) in [4.78, 5) is 12.7. The van der Waals surface area contributed by atoms with Crippen LogP contribution in [-0.2, 0) is 14.8 Å². The topological polar surface area (TPSA) is 91.6 Å². The molecule has 2 aromatic carbocycles. The molecule has 2 atom stereocenters. The Labute approximate surface area is 170 Å². The van der Waals surface area contributed by atoms with Crippen molar-refractivity contribution in [2.75, 3.05) is 19.4 Å². The number of carbonyl (C=O) groups excluding carboxylic acids is 1. The fourth-order valence-electron chi connectivity index (χ4n) is 2.94. The highest BCUT2D eigenvalue weighted by atomic mass is 32.2. The van der Waals surface area contributed by atoms with Crippen molar-refractivity contribution >= 4 is 32.6 Å². The van der Waals surface area contributed by atoms with Crippen LogP contribution in [0.15, 0.2) is 63.9 Å². The van der Waals surface area contributed by atoms with Gasteiger partial charge in [-0.1, -0.05) is 24.3 Å². The molecule has 0 aliphatic rings. The molecule has 0 saturated carbocycles. The molecule has 8 heteroatoms. The fraction of sp³-hybridized carbons (Fsp3) is 0.286. The molecule has 154 valence electrons. The first-order chi connectivity index (χ1) is 13.7. The highest BCUT2D eigenvalue weighted by Gasteiger charge is 2.21. The van der Waals surface area contributed by atoms with Gasteiger partial charge in [0.25, 0.3) is 0 Å². The molecule has 29 heavy (non-hydrogen) atoms. The first-order valence-electron chi connectivity index (χ1n) is 9.26. The third-order valence-electron chi connectivity index (χ3n) is 4.64. The molecule has 1 aromatic heterocycles. The van der Waals surface area contributed by atoms with Gasteiger partial charge in [-0.05, 0) is 44.2 Å². The Morgan fingerprint density at radius 3 is 2.45 bits per heavy atom. The van der Waals surface area contributed by atoms with Crippen LogP contribution in [0, 0.1) is 0 Å². The number of benzene rings is 2. The quantitative estimate of drug-likeness (QED) is 0.617. The lowest BCUT2D eigenvalue weighted by atomic mass is 10.2. The summed E-state index contributed by atoms with van der Waals surface area (Å²) in [5.74, 6) is 0.470. The largest absolute Gasteiger partial charge is 0.459 e. The number of rotatable bonds is 7. The van der Waals surface area contributed by atoms with Gasteiger partial charge in [0.2, 0.25) is 15.9 Å². The summed E-state index contributed by atoms with van der Waals surface area (Å²) in [6.45, 7) is 3.67. The molecule has 2 unspecified atom stereocenters. The number of sulfonamides is 1. The third kappa shape index (κ3) is 4.67. The lowest BCUT2D eigenvalue weighted by Crippen LogP contribution is -2.39. The zero-order chi connectivity index (χ0) is 21.2. The molecule has 3 aromatic rings. The van der Waals surface area contributed by atoms with Crippen LogP contribution in [0.1, 0.15) is 25.6 Å². The molecular weight excluding hydrogens is 390 g/mol. The average Bonchev–Trinajstić information content (AvgIpc) is 3.12. The Balaban J connectivity index is 1.67. The number of hydrogen-bond donors (Lipinski definition) is 2. The predicted octanol–water partition coefficient (Wildman–Crippen LogP) is 3.36. The number of para-hydroxylation sites is 1. The summed E-state index contributed by atoms with van der Waals surface area (Å²) in [6.07, 6.45) is 0. The van der Waals surface area contributed by atoms with Crippen LogP contribution in [0.4, 0.5) is 5.69 Å². The Morgan fingerprint density at radius 2 is 1.76 bits per heavy atom. The van der Waals surface area contributed by atoms with Gasteiger partial charge in [0.1, 0.15) is 11.3 Å². The monoisotopic (exact) mass is 415 g/mol. The molecule has 0 bridgehead atoms. The van der Waals surface area contributed by atoms with E-state index in [0.29, 0.717) is 5.69 Å². The van der Waals surface area contributed by atoms with E-state index < -0.39 is 16.1 Å². The Hall–Kier alpha value is -2.68. The van der Waals surface area contributed by atoms with Gasteiger partial charge in [-0.15, -0.1) is 0 Å². The van der Waals surface area contributed by atoms with Crippen molar-refractivity contribution < 1.29 is 17.6 Å². The van der Waals surface area contributed by atoms with E-state index in [1.165, 1.54) is 26.2 Å². The Kier molecular flexibility index (Phi) is 6.07. The number of fused-ring (bicyclic) bond motifs is 1. The van der Waals surface area contributed by atoms with Crippen molar-refractivity contribution in [1.29, 1.82) is 0 Å². The van der Waals surface area contributed by atoms with Crippen molar-refractivity contribution in [2.24, 2.45) is 0 Å². The normalized spacial score (nSPS) is 14.1. The SMILES string of the molecule is CC(NC(C)c1cc2ccccc2o1)C(=O)Nc1cccc(S(=O)(=O)N(C)C)c1. The molecule has 0 spiro atoms. The molecule has 7 nitrogen and oxygen atoms in total. The number of furan rings is 1. The molecule has 0 saturated heterocycles. The van der Waals surface area contributed by atoms with Gasteiger partial charge >= 0.3 is 0 Å². The molecule has 3 rings (SSSR count). The lowest BCUT2D eigenvalue weighted by Gasteiger charge is -2.18. The van der Waals surface area contributed by atoms with Crippen LogP contribution in [-0.4, -0.2) is 38.8 Å². The lowest BCUT2D eigenvalue weighted by molar-refractivity contribution is -0.118. The standard InChI is InChI=1S/C21H25N3O4S/c1-14(20-12-16-8-5-6-11-19(16)28-20)22-15(2)21(25)23-17-9-7-10-18(13-17)29(26,27)24(3)4/h5-15,22H,1-4H3,(H,23,25). The highest BCUT2D eigenvalue weighted by Crippen LogP contribution is 2.24. The summed E-state index contributed by atoms with van der Waals surface area (Å²) in [7, 11) is -0.641. The summed E-state index contributed by atoms with van der Waals surface area (Å²) in [6, 6.07) is 15.2.